The first-order valence-corrected chi connectivity index (χ1v) is 9.16. The molecule has 2 aromatic rings. The summed E-state index contributed by atoms with van der Waals surface area (Å²) in [4.78, 5) is 19.6. The molecule has 136 valence electrons. The Labute approximate surface area is 148 Å². The summed E-state index contributed by atoms with van der Waals surface area (Å²) in [7, 11) is 0. The highest BCUT2D eigenvalue weighted by Gasteiger charge is 2.34. The van der Waals surface area contributed by atoms with Gasteiger partial charge in [0, 0.05) is 31.4 Å². The molecule has 1 amide bonds. The molecule has 0 saturated carbocycles. The van der Waals surface area contributed by atoms with Crippen LogP contribution in [0, 0.1) is 12.3 Å². The number of aliphatic hydroxyl groups is 1. The third-order valence-corrected chi connectivity index (χ3v) is 5.61. The van der Waals surface area contributed by atoms with Crippen LogP contribution in [0.4, 0.5) is 0 Å². The zero-order chi connectivity index (χ0) is 18.2. The minimum absolute atomic E-state index is 0.0250. The van der Waals surface area contributed by atoms with Gasteiger partial charge in [0.2, 0.25) is 0 Å². The molecule has 1 aliphatic heterocycles. The molecule has 0 spiro atoms. The van der Waals surface area contributed by atoms with Crippen molar-refractivity contribution in [3.63, 3.8) is 0 Å². The SMILES string of the molecule is CCC1(CO)CCN(C(=O)c2cc(C)nc3c2cnn3C(C)C)CC1. The molecule has 1 saturated heterocycles. The monoisotopic (exact) mass is 344 g/mol. The van der Waals surface area contributed by atoms with E-state index >= 15 is 0 Å². The fourth-order valence-electron chi connectivity index (χ4n) is 3.68. The largest absolute Gasteiger partial charge is 0.396 e. The van der Waals surface area contributed by atoms with Crippen molar-refractivity contribution < 1.29 is 9.90 Å². The van der Waals surface area contributed by atoms with E-state index in [4.69, 9.17) is 0 Å². The Bertz CT molecular complexity index is 767. The maximum atomic E-state index is 13.1. The first-order chi connectivity index (χ1) is 11.9. The molecule has 3 rings (SSSR count). The number of carbonyl (C=O) groups excluding carboxylic acids is 1. The van der Waals surface area contributed by atoms with Crippen molar-refractivity contribution in [2.45, 2.75) is 53.0 Å². The molecule has 1 fully saturated rings. The molecule has 0 unspecified atom stereocenters. The summed E-state index contributed by atoms with van der Waals surface area (Å²) in [5, 5.41) is 14.9. The summed E-state index contributed by atoms with van der Waals surface area (Å²) in [6.45, 7) is 9.72. The number of aromatic nitrogens is 3. The summed E-state index contributed by atoms with van der Waals surface area (Å²) in [6.07, 6.45) is 4.41. The maximum Gasteiger partial charge on any atom is 0.254 e. The number of aryl methyl sites for hydroxylation is 1. The van der Waals surface area contributed by atoms with E-state index in [0.29, 0.717) is 18.7 Å². The molecule has 6 heteroatoms. The topological polar surface area (TPSA) is 71.2 Å². The number of nitrogens with zero attached hydrogens (tertiary/aromatic N) is 4. The van der Waals surface area contributed by atoms with Crippen molar-refractivity contribution in [3.05, 3.63) is 23.5 Å². The second kappa shape index (κ2) is 6.75. The number of fused-ring (bicyclic) bond motifs is 1. The van der Waals surface area contributed by atoms with Crippen molar-refractivity contribution in [3.8, 4) is 0 Å². The van der Waals surface area contributed by atoms with Crippen LogP contribution < -0.4 is 0 Å². The van der Waals surface area contributed by atoms with Gasteiger partial charge in [0.15, 0.2) is 5.65 Å². The van der Waals surface area contributed by atoms with Crippen molar-refractivity contribution in [2.24, 2.45) is 5.41 Å². The molecule has 0 atom stereocenters. The summed E-state index contributed by atoms with van der Waals surface area (Å²) < 4.78 is 1.86. The van der Waals surface area contributed by atoms with Gasteiger partial charge in [-0.25, -0.2) is 9.67 Å². The van der Waals surface area contributed by atoms with E-state index in [9.17, 15) is 9.90 Å². The van der Waals surface area contributed by atoms with Crippen molar-refractivity contribution in [1.29, 1.82) is 0 Å². The normalized spacial score (nSPS) is 17.4. The Morgan fingerprint density at radius 2 is 2.04 bits per heavy atom. The molecule has 0 aliphatic carbocycles. The summed E-state index contributed by atoms with van der Waals surface area (Å²) in [6, 6.07) is 2.06. The highest BCUT2D eigenvalue weighted by molar-refractivity contribution is 6.05. The van der Waals surface area contributed by atoms with Crippen molar-refractivity contribution in [2.75, 3.05) is 19.7 Å². The molecule has 0 radical (unpaired) electrons. The molecular weight excluding hydrogens is 316 g/mol. The van der Waals surface area contributed by atoms with E-state index in [-0.39, 0.29) is 24.0 Å². The standard InChI is InChI=1S/C19H28N4O2/c1-5-19(12-24)6-8-22(9-7-19)18(25)15-10-14(4)21-17-16(15)11-20-23(17)13(2)3/h10-11,13,24H,5-9,12H2,1-4H3. The quantitative estimate of drug-likeness (QED) is 0.926. The van der Waals surface area contributed by atoms with Crippen LogP contribution in [0.3, 0.4) is 0 Å². The number of amides is 1. The Morgan fingerprint density at radius 1 is 1.36 bits per heavy atom. The van der Waals surface area contributed by atoms with Crippen LogP contribution in [0.25, 0.3) is 11.0 Å². The second-order valence-electron chi connectivity index (χ2n) is 7.54. The maximum absolute atomic E-state index is 13.1. The number of aliphatic hydroxyl groups excluding tert-OH is 1. The average molecular weight is 344 g/mol. The fourth-order valence-corrected chi connectivity index (χ4v) is 3.68. The Kier molecular flexibility index (Phi) is 4.82. The first-order valence-electron chi connectivity index (χ1n) is 9.16. The smallest absolute Gasteiger partial charge is 0.254 e. The van der Waals surface area contributed by atoms with Crippen LogP contribution in [-0.2, 0) is 0 Å². The Morgan fingerprint density at radius 3 is 2.60 bits per heavy atom. The van der Waals surface area contributed by atoms with Gasteiger partial charge in [0.25, 0.3) is 5.91 Å². The summed E-state index contributed by atoms with van der Waals surface area (Å²) in [5.41, 5.74) is 2.26. The molecule has 2 aromatic heterocycles. The zero-order valence-corrected chi connectivity index (χ0v) is 15.6. The molecule has 6 nitrogen and oxygen atoms in total. The van der Waals surface area contributed by atoms with Gasteiger partial charge >= 0.3 is 0 Å². The molecule has 1 aliphatic rings. The number of hydrogen-bond acceptors (Lipinski definition) is 4. The predicted molar refractivity (Wildman–Crippen MR) is 97.6 cm³/mol. The van der Waals surface area contributed by atoms with Crippen LogP contribution >= 0.6 is 0 Å². The first kappa shape index (κ1) is 17.9. The van der Waals surface area contributed by atoms with Crippen LogP contribution in [0.1, 0.15) is 62.1 Å². The van der Waals surface area contributed by atoms with Gasteiger partial charge in [0.1, 0.15) is 0 Å². The van der Waals surface area contributed by atoms with Gasteiger partial charge in [-0.1, -0.05) is 6.92 Å². The zero-order valence-electron chi connectivity index (χ0n) is 15.6. The molecule has 0 bridgehead atoms. The number of piperidine rings is 1. The molecule has 25 heavy (non-hydrogen) atoms. The van der Waals surface area contributed by atoms with E-state index in [1.165, 1.54) is 0 Å². The van der Waals surface area contributed by atoms with Gasteiger partial charge < -0.3 is 10.0 Å². The Balaban J connectivity index is 1.91. The van der Waals surface area contributed by atoms with Gasteiger partial charge in [-0.3, -0.25) is 4.79 Å². The molecule has 3 heterocycles. The predicted octanol–water partition coefficient (Wildman–Crippen LogP) is 2.95. The lowest BCUT2D eigenvalue weighted by atomic mass is 9.77. The number of rotatable bonds is 4. The van der Waals surface area contributed by atoms with E-state index < -0.39 is 0 Å². The van der Waals surface area contributed by atoms with Crippen LogP contribution in [0.2, 0.25) is 0 Å². The van der Waals surface area contributed by atoms with Gasteiger partial charge in [-0.2, -0.15) is 5.10 Å². The number of pyridine rings is 1. The molecule has 0 aromatic carbocycles. The molecular formula is C19H28N4O2. The highest BCUT2D eigenvalue weighted by atomic mass is 16.3. The van der Waals surface area contributed by atoms with Gasteiger partial charge in [-0.15, -0.1) is 0 Å². The van der Waals surface area contributed by atoms with E-state index in [2.05, 4.69) is 30.9 Å². The average Bonchev–Trinajstić information content (AvgIpc) is 3.04. The van der Waals surface area contributed by atoms with Crippen LogP contribution in [-0.4, -0.2) is 50.4 Å². The summed E-state index contributed by atoms with van der Waals surface area (Å²) in [5.74, 6) is 0.0430. The van der Waals surface area contributed by atoms with Gasteiger partial charge in [0.05, 0.1) is 17.1 Å². The lowest BCUT2D eigenvalue weighted by molar-refractivity contribution is 0.0339. The lowest BCUT2D eigenvalue weighted by Gasteiger charge is -2.40. The Hall–Kier alpha value is -1.95. The number of likely N-dealkylation sites (tertiary alicyclic amines) is 1. The minimum atomic E-state index is -0.0250. The van der Waals surface area contributed by atoms with Crippen molar-refractivity contribution in [1.82, 2.24) is 19.7 Å². The summed E-state index contributed by atoms with van der Waals surface area (Å²) >= 11 is 0. The third kappa shape index (κ3) is 3.15. The molecule has 1 N–H and O–H groups in total. The highest BCUT2D eigenvalue weighted by Crippen LogP contribution is 2.35. The minimum Gasteiger partial charge on any atom is -0.396 e. The van der Waals surface area contributed by atoms with E-state index in [1.807, 2.05) is 22.6 Å². The second-order valence-corrected chi connectivity index (χ2v) is 7.54. The fraction of sp³-hybridized carbons (Fsp3) is 0.632. The van der Waals surface area contributed by atoms with Gasteiger partial charge in [-0.05, 0) is 51.5 Å². The lowest BCUT2D eigenvalue weighted by Crippen LogP contribution is -2.44. The van der Waals surface area contributed by atoms with Crippen molar-refractivity contribution >= 4 is 16.9 Å². The number of carbonyl (C=O) groups is 1. The van der Waals surface area contributed by atoms with Crippen LogP contribution in [0.15, 0.2) is 12.3 Å². The van der Waals surface area contributed by atoms with Crippen LogP contribution in [0.5, 0.6) is 0 Å². The third-order valence-electron chi connectivity index (χ3n) is 5.61. The van der Waals surface area contributed by atoms with E-state index in [0.717, 1.165) is 36.0 Å². The van der Waals surface area contributed by atoms with E-state index in [1.54, 1.807) is 6.20 Å². The number of hydrogen-bond donors (Lipinski definition) is 1.